The molecular formula is C11H25NOS. The molecule has 86 valence electrons. The third kappa shape index (κ3) is 8.85. The van der Waals surface area contributed by atoms with Crippen LogP contribution in [0.25, 0.3) is 0 Å². The zero-order chi connectivity index (χ0) is 11.0. The fraction of sp³-hybridized carbons (Fsp3) is 1.00. The average molecular weight is 219 g/mol. The number of thioether (sulfide) groups is 1. The molecule has 0 heterocycles. The summed E-state index contributed by atoms with van der Waals surface area (Å²) in [6.07, 6.45) is 3.26. The van der Waals surface area contributed by atoms with Gasteiger partial charge in [-0.15, -0.1) is 0 Å². The average Bonchev–Trinajstić information content (AvgIpc) is 2.10. The summed E-state index contributed by atoms with van der Waals surface area (Å²) in [4.78, 5) is 0. The first-order chi connectivity index (χ1) is 6.48. The molecule has 1 unspecified atom stereocenters. The highest BCUT2D eigenvalue weighted by Gasteiger charge is 2.15. The van der Waals surface area contributed by atoms with Crippen molar-refractivity contribution in [1.29, 1.82) is 0 Å². The summed E-state index contributed by atoms with van der Waals surface area (Å²) in [7, 11) is 0. The SMILES string of the molecule is CC(C)CSCCCCC(C)(N)CO. The maximum absolute atomic E-state index is 8.94. The number of hydrogen-bond acceptors (Lipinski definition) is 3. The Labute approximate surface area is 92.6 Å². The molecule has 0 aromatic rings. The Morgan fingerprint density at radius 2 is 2.00 bits per heavy atom. The lowest BCUT2D eigenvalue weighted by Gasteiger charge is -2.21. The number of aliphatic hydroxyl groups is 1. The van der Waals surface area contributed by atoms with E-state index in [1.54, 1.807) is 0 Å². The minimum absolute atomic E-state index is 0.0894. The first-order valence-corrected chi connectivity index (χ1v) is 6.61. The van der Waals surface area contributed by atoms with Crippen LogP contribution >= 0.6 is 11.8 Å². The summed E-state index contributed by atoms with van der Waals surface area (Å²) in [5.41, 5.74) is 5.45. The molecule has 3 N–H and O–H groups in total. The molecule has 14 heavy (non-hydrogen) atoms. The van der Waals surface area contributed by atoms with Crippen molar-refractivity contribution in [2.75, 3.05) is 18.1 Å². The molecule has 0 bridgehead atoms. The minimum Gasteiger partial charge on any atom is -0.394 e. The van der Waals surface area contributed by atoms with Gasteiger partial charge < -0.3 is 10.8 Å². The van der Waals surface area contributed by atoms with Gasteiger partial charge in [0.25, 0.3) is 0 Å². The van der Waals surface area contributed by atoms with Gasteiger partial charge in [0, 0.05) is 5.54 Å². The lowest BCUT2D eigenvalue weighted by Crippen LogP contribution is -2.39. The molecular weight excluding hydrogens is 194 g/mol. The topological polar surface area (TPSA) is 46.2 Å². The summed E-state index contributed by atoms with van der Waals surface area (Å²) < 4.78 is 0. The number of aliphatic hydroxyl groups excluding tert-OH is 1. The summed E-state index contributed by atoms with van der Waals surface area (Å²) in [6, 6.07) is 0. The Morgan fingerprint density at radius 3 is 2.50 bits per heavy atom. The molecule has 0 saturated carbocycles. The quantitative estimate of drug-likeness (QED) is 0.616. The first kappa shape index (κ1) is 14.3. The second-order valence-corrected chi connectivity index (χ2v) is 5.89. The van der Waals surface area contributed by atoms with Gasteiger partial charge in [0.2, 0.25) is 0 Å². The van der Waals surface area contributed by atoms with Gasteiger partial charge in [-0.05, 0) is 37.2 Å². The minimum atomic E-state index is -0.372. The van der Waals surface area contributed by atoms with Gasteiger partial charge in [0.05, 0.1) is 6.61 Å². The molecule has 2 nitrogen and oxygen atoms in total. The van der Waals surface area contributed by atoms with Gasteiger partial charge in [0.1, 0.15) is 0 Å². The van der Waals surface area contributed by atoms with E-state index in [-0.39, 0.29) is 12.1 Å². The van der Waals surface area contributed by atoms with Crippen molar-refractivity contribution in [2.45, 2.75) is 45.6 Å². The van der Waals surface area contributed by atoms with E-state index in [0.717, 1.165) is 18.8 Å². The highest BCUT2D eigenvalue weighted by atomic mass is 32.2. The Balaban J connectivity index is 3.21. The molecule has 0 amide bonds. The van der Waals surface area contributed by atoms with E-state index in [4.69, 9.17) is 10.8 Å². The van der Waals surface area contributed by atoms with E-state index in [0.29, 0.717) is 0 Å². The van der Waals surface area contributed by atoms with Gasteiger partial charge in [-0.2, -0.15) is 11.8 Å². The fourth-order valence-corrected chi connectivity index (χ4v) is 2.18. The fourth-order valence-electron chi connectivity index (χ4n) is 1.13. The normalized spacial score (nSPS) is 15.9. The maximum Gasteiger partial charge on any atom is 0.0608 e. The van der Waals surface area contributed by atoms with E-state index >= 15 is 0 Å². The molecule has 1 atom stereocenters. The second kappa shape index (κ2) is 7.55. The van der Waals surface area contributed by atoms with Crippen molar-refractivity contribution in [1.82, 2.24) is 0 Å². The van der Waals surface area contributed by atoms with Gasteiger partial charge in [0.15, 0.2) is 0 Å². The largest absolute Gasteiger partial charge is 0.394 e. The second-order valence-electron chi connectivity index (χ2n) is 4.74. The van der Waals surface area contributed by atoms with E-state index in [1.165, 1.54) is 17.9 Å². The summed E-state index contributed by atoms with van der Waals surface area (Å²) in [5, 5.41) is 8.94. The van der Waals surface area contributed by atoms with Crippen LogP contribution in [0.4, 0.5) is 0 Å². The van der Waals surface area contributed by atoms with Crippen LogP contribution in [0.3, 0.4) is 0 Å². The van der Waals surface area contributed by atoms with Crippen LogP contribution in [0.1, 0.15) is 40.0 Å². The molecule has 0 fully saturated rings. The summed E-state index contributed by atoms with van der Waals surface area (Å²) in [5.74, 6) is 3.26. The first-order valence-electron chi connectivity index (χ1n) is 5.45. The van der Waals surface area contributed by atoms with Crippen LogP contribution in [-0.2, 0) is 0 Å². The number of rotatable bonds is 8. The Hall–Kier alpha value is 0.270. The predicted octanol–water partition coefficient (Wildman–Crippen LogP) is 2.26. The van der Waals surface area contributed by atoms with E-state index < -0.39 is 0 Å². The number of unbranched alkanes of at least 4 members (excludes halogenated alkanes) is 1. The Kier molecular flexibility index (Phi) is 7.69. The lowest BCUT2D eigenvalue weighted by atomic mass is 9.98. The smallest absolute Gasteiger partial charge is 0.0608 e. The summed E-state index contributed by atoms with van der Waals surface area (Å²) >= 11 is 2.02. The zero-order valence-electron chi connectivity index (χ0n) is 9.75. The highest BCUT2D eigenvalue weighted by Crippen LogP contribution is 2.14. The molecule has 0 saturated heterocycles. The maximum atomic E-state index is 8.94. The predicted molar refractivity (Wildman–Crippen MR) is 65.7 cm³/mol. The number of nitrogens with two attached hydrogens (primary N) is 1. The highest BCUT2D eigenvalue weighted by molar-refractivity contribution is 7.99. The van der Waals surface area contributed by atoms with Crippen molar-refractivity contribution >= 4 is 11.8 Å². The lowest BCUT2D eigenvalue weighted by molar-refractivity contribution is 0.198. The third-order valence-electron chi connectivity index (χ3n) is 2.10. The van der Waals surface area contributed by atoms with Crippen molar-refractivity contribution in [3.63, 3.8) is 0 Å². The van der Waals surface area contributed by atoms with Gasteiger partial charge in [-0.3, -0.25) is 0 Å². The van der Waals surface area contributed by atoms with Crippen LogP contribution in [0.15, 0.2) is 0 Å². The third-order valence-corrected chi connectivity index (χ3v) is 3.58. The van der Waals surface area contributed by atoms with Crippen LogP contribution in [0.2, 0.25) is 0 Å². The zero-order valence-corrected chi connectivity index (χ0v) is 10.6. The van der Waals surface area contributed by atoms with Crippen LogP contribution < -0.4 is 5.73 Å². The molecule has 3 heteroatoms. The summed E-state index contributed by atoms with van der Waals surface area (Å²) in [6.45, 7) is 6.49. The molecule has 0 rings (SSSR count). The monoisotopic (exact) mass is 219 g/mol. The molecule has 0 aliphatic rings. The van der Waals surface area contributed by atoms with Gasteiger partial charge >= 0.3 is 0 Å². The molecule has 0 aliphatic heterocycles. The van der Waals surface area contributed by atoms with Crippen molar-refractivity contribution in [3.8, 4) is 0 Å². The van der Waals surface area contributed by atoms with Crippen molar-refractivity contribution in [2.24, 2.45) is 11.7 Å². The van der Waals surface area contributed by atoms with E-state index in [1.807, 2.05) is 18.7 Å². The van der Waals surface area contributed by atoms with Gasteiger partial charge in [-0.25, -0.2) is 0 Å². The standard InChI is InChI=1S/C11H25NOS/c1-10(2)8-14-7-5-4-6-11(3,12)9-13/h10,13H,4-9,12H2,1-3H3. The molecule has 0 aromatic carbocycles. The van der Waals surface area contributed by atoms with E-state index in [9.17, 15) is 0 Å². The van der Waals surface area contributed by atoms with Crippen molar-refractivity contribution in [3.05, 3.63) is 0 Å². The molecule has 0 aromatic heterocycles. The molecule has 0 radical (unpaired) electrons. The van der Waals surface area contributed by atoms with Crippen LogP contribution in [0.5, 0.6) is 0 Å². The van der Waals surface area contributed by atoms with Gasteiger partial charge in [-0.1, -0.05) is 20.3 Å². The van der Waals surface area contributed by atoms with Crippen molar-refractivity contribution < 1.29 is 5.11 Å². The number of hydrogen-bond donors (Lipinski definition) is 2. The molecule has 0 spiro atoms. The van der Waals surface area contributed by atoms with Crippen LogP contribution in [0, 0.1) is 5.92 Å². The Bertz CT molecular complexity index is 137. The Morgan fingerprint density at radius 1 is 1.36 bits per heavy atom. The molecule has 0 aliphatic carbocycles. The van der Waals surface area contributed by atoms with Crippen LogP contribution in [-0.4, -0.2) is 28.8 Å². The van der Waals surface area contributed by atoms with E-state index in [2.05, 4.69) is 13.8 Å².